The predicted octanol–water partition coefficient (Wildman–Crippen LogP) is 2.10. The zero-order chi connectivity index (χ0) is 19.5. The molecule has 8 heteroatoms. The van der Waals surface area contributed by atoms with Gasteiger partial charge in [-0.05, 0) is 12.1 Å². The van der Waals surface area contributed by atoms with Crippen LogP contribution in [0.5, 0.6) is 0 Å². The number of carbonyl (C=O) groups is 2. The van der Waals surface area contributed by atoms with Crippen molar-refractivity contribution >= 4 is 37.2 Å². The van der Waals surface area contributed by atoms with Gasteiger partial charge in [-0.2, -0.15) is 5.26 Å². The molecule has 2 N–H and O–H groups in total. The van der Waals surface area contributed by atoms with Crippen LogP contribution in [0.25, 0.3) is 0 Å². The van der Waals surface area contributed by atoms with Crippen molar-refractivity contribution in [2.75, 3.05) is 18.5 Å². The highest BCUT2D eigenvalue weighted by Crippen LogP contribution is 2.27. The largest absolute Gasteiger partial charge is 0.395 e. The average Bonchev–Trinajstić information content (AvgIpc) is 2.81. The Morgan fingerprint density at radius 1 is 1.27 bits per heavy atom. The molecule has 0 bridgehead atoms. The number of aliphatic hydroxyl groups excluding tert-OH is 1. The lowest BCUT2D eigenvalue weighted by molar-refractivity contribution is -0.137. The highest BCUT2D eigenvalue weighted by Gasteiger charge is 2.31. The Kier molecular flexibility index (Phi) is 5.89. The van der Waals surface area contributed by atoms with E-state index in [4.69, 9.17) is 16.7 Å². The van der Waals surface area contributed by atoms with Crippen molar-refractivity contribution in [1.82, 2.24) is 4.90 Å². The van der Waals surface area contributed by atoms with Crippen molar-refractivity contribution in [1.29, 1.82) is 5.26 Å². The Morgan fingerprint density at radius 3 is 2.54 bits per heavy atom. The minimum Gasteiger partial charge on any atom is -0.395 e. The van der Waals surface area contributed by atoms with Crippen LogP contribution < -0.4 is 5.32 Å². The summed E-state index contributed by atoms with van der Waals surface area (Å²) in [4.78, 5) is 25.1. The van der Waals surface area contributed by atoms with E-state index in [0.717, 1.165) is 4.90 Å². The summed E-state index contributed by atoms with van der Waals surface area (Å²) >= 11 is 6.10. The van der Waals surface area contributed by atoms with Gasteiger partial charge in [-0.3, -0.25) is 14.5 Å². The van der Waals surface area contributed by atoms with Gasteiger partial charge in [-0.25, -0.2) is 0 Å². The number of carbonyl (C=O) groups excluding carboxylic acids is 2. The second-order valence-electron chi connectivity index (χ2n) is 6.69. The van der Waals surface area contributed by atoms with E-state index in [-0.39, 0.29) is 29.4 Å². The summed E-state index contributed by atoms with van der Waals surface area (Å²) in [5, 5.41) is 21.3. The zero-order valence-electron chi connectivity index (χ0n) is 14.7. The van der Waals surface area contributed by atoms with E-state index >= 15 is 0 Å². The molecule has 26 heavy (non-hydrogen) atoms. The van der Waals surface area contributed by atoms with Crippen molar-refractivity contribution in [3.8, 4) is 17.5 Å². The Hall–Kier alpha value is -2.58. The third kappa shape index (κ3) is 4.53. The first-order chi connectivity index (χ1) is 12.2. The number of anilines is 1. The van der Waals surface area contributed by atoms with Crippen LogP contribution in [0.4, 0.5) is 5.69 Å². The molecule has 0 atom stereocenters. The number of nitriles is 1. The number of amides is 2. The van der Waals surface area contributed by atoms with Gasteiger partial charge in [0.1, 0.15) is 19.8 Å². The quantitative estimate of drug-likeness (QED) is 0.468. The summed E-state index contributed by atoms with van der Waals surface area (Å²) in [5.41, 5.74) is 4.52. The number of nitrogens with one attached hydrogen (secondary N) is 1. The SMILES string of the molecule is C[Si](C)(C)C#Cc1cc(C#N)c(Cl)cc1NC1=CC(=O)N(CCO)C1=O. The first kappa shape index (κ1) is 19.7. The topological polar surface area (TPSA) is 93.4 Å². The average molecular weight is 388 g/mol. The summed E-state index contributed by atoms with van der Waals surface area (Å²) in [5.74, 6) is 2.02. The van der Waals surface area contributed by atoms with Gasteiger partial charge in [-0.15, -0.1) is 5.54 Å². The zero-order valence-corrected chi connectivity index (χ0v) is 16.4. The Morgan fingerprint density at radius 2 is 1.96 bits per heavy atom. The Balaban J connectivity index is 2.43. The molecule has 2 rings (SSSR count). The van der Waals surface area contributed by atoms with Crippen LogP contribution in [0, 0.1) is 22.8 Å². The van der Waals surface area contributed by atoms with Crippen LogP contribution in [0.2, 0.25) is 24.7 Å². The predicted molar refractivity (Wildman–Crippen MR) is 102 cm³/mol. The van der Waals surface area contributed by atoms with E-state index in [1.54, 1.807) is 6.07 Å². The molecule has 2 amide bonds. The standard InChI is InChI=1S/C18H18ClN3O3Si/c1-26(2,3)7-4-12-8-13(11-20)14(19)9-15(12)21-16-10-17(24)22(5-6-23)18(16)25/h8-10,21,23H,5-6H2,1-3H3. The monoisotopic (exact) mass is 387 g/mol. The van der Waals surface area contributed by atoms with Gasteiger partial charge in [-0.1, -0.05) is 37.2 Å². The Bertz CT molecular complexity index is 901. The lowest BCUT2D eigenvalue weighted by atomic mass is 10.1. The number of hydrogen-bond acceptors (Lipinski definition) is 5. The molecule has 0 radical (unpaired) electrons. The fraction of sp³-hybridized carbons (Fsp3) is 0.278. The smallest absolute Gasteiger partial charge is 0.277 e. The molecule has 0 saturated heterocycles. The number of aliphatic hydroxyl groups is 1. The second-order valence-corrected chi connectivity index (χ2v) is 11.8. The lowest BCUT2D eigenvalue weighted by Gasteiger charge is -2.14. The maximum absolute atomic E-state index is 12.3. The van der Waals surface area contributed by atoms with Gasteiger partial charge < -0.3 is 10.4 Å². The van der Waals surface area contributed by atoms with Crippen molar-refractivity contribution in [2.45, 2.75) is 19.6 Å². The molecule has 1 aliphatic rings. The van der Waals surface area contributed by atoms with E-state index in [1.807, 2.05) is 6.07 Å². The van der Waals surface area contributed by atoms with Crippen LogP contribution in [-0.4, -0.2) is 43.0 Å². The van der Waals surface area contributed by atoms with Gasteiger partial charge in [0, 0.05) is 11.6 Å². The van der Waals surface area contributed by atoms with E-state index in [0.29, 0.717) is 11.3 Å². The minimum absolute atomic E-state index is 0.0697. The summed E-state index contributed by atoms with van der Waals surface area (Å²) < 4.78 is 0. The molecule has 1 aliphatic heterocycles. The molecule has 1 heterocycles. The molecule has 0 spiro atoms. The molecule has 0 aromatic heterocycles. The first-order valence-electron chi connectivity index (χ1n) is 7.88. The molecular formula is C18H18ClN3O3Si. The number of nitrogens with zero attached hydrogens (tertiary/aromatic N) is 2. The molecule has 0 aliphatic carbocycles. The van der Waals surface area contributed by atoms with Crippen LogP contribution in [-0.2, 0) is 9.59 Å². The fourth-order valence-corrected chi connectivity index (χ4v) is 2.89. The maximum atomic E-state index is 12.3. The van der Waals surface area contributed by atoms with E-state index in [2.05, 4.69) is 36.4 Å². The summed E-state index contributed by atoms with van der Waals surface area (Å²) in [6.45, 7) is 5.87. The van der Waals surface area contributed by atoms with Crippen LogP contribution in [0.3, 0.4) is 0 Å². The summed E-state index contributed by atoms with van der Waals surface area (Å²) in [6, 6.07) is 5.08. The Labute approximate surface area is 158 Å². The minimum atomic E-state index is -1.67. The normalized spacial score (nSPS) is 13.8. The van der Waals surface area contributed by atoms with E-state index in [9.17, 15) is 14.9 Å². The van der Waals surface area contributed by atoms with Gasteiger partial charge in [0.15, 0.2) is 0 Å². The van der Waals surface area contributed by atoms with Crippen molar-refractivity contribution < 1.29 is 14.7 Å². The van der Waals surface area contributed by atoms with Crippen LogP contribution in [0.15, 0.2) is 23.9 Å². The number of benzene rings is 1. The highest BCUT2D eigenvalue weighted by atomic mass is 35.5. The molecule has 0 fully saturated rings. The highest BCUT2D eigenvalue weighted by molar-refractivity contribution is 6.83. The molecule has 0 unspecified atom stereocenters. The number of imide groups is 1. The van der Waals surface area contributed by atoms with Crippen molar-refractivity contribution in [3.63, 3.8) is 0 Å². The molecule has 134 valence electrons. The number of β-amino-alcohol motifs (C(OH)–C–C–N with tert-alkyl or cyclic N) is 1. The van der Waals surface area contributed by atoms with Gasteiger partial charge >= 0.3 is 0 Å². The molecule has 1 aromatic carbocycles. The maximum Gasteiger partial charge on any atom is 0.277 e. The van der Waals surface area contributed by atoms with Gasteiger partial charge in [0.05, 0.1) is 29.4 Å². The number of hydrogen-bond donors (Lipinski definition) is 2. The number of halogens is 1. The van der Waals surface area contributed by atoms with E-state index in [1.165, 1.54) is 12.1 Å². The van der Waals surface area contributed by atoms with Crippen molar-refractivity contribution in [3.05, 3.63) is 40.1 Å². The van der Waals surface area contributed by atoms with E-state index < -0.39 is 19.9 Å². The van der Waals surface area contributed by atoms with Crippen LogP contribution in [0.1, 0.15) is 11.1 Å². The third-order valence-electron chi connectivity index (χ3n) is 3.40. The summed E-state index contributed by atoms with van der Waals surface area (Å²) in [7, 11) is -1.67. The lowest BCUT2D eigenvalue weighted by Crippen LogP contribution is -2.34. The molecule has 1 aromatic rings. The molecular weight excluding hydrogens is 370 g/mol. The second kappa shape index (κ2) is 7.75. The number of rotatable bonds is 4. The van der Waals surface area contributed by atoms with Gasteiger partial charge in [0.25, 0.3) is 11.8 Å². The molecule has 0 saturated carbocycles. The first-order valence-corrected chi connectivity index (χ1v) is 11.8. The van der Waals surface area contributed by atoms with Crippen LogP contribution >= 0.6 is 11.6 Å². The van der Waals surface area contributed by atoms with Gasteiger partial charge in [0.2, 0.25) is 0 Å². The summed E-state index contributed by atoms with van der Waals surface area (Å²) in [6.07, 6.45) is 1.17. The van der Waals surface area contributed by atoms with Crippen molar-refractivity contribution in [2.24, 2.45) is 0 Å². The third-order valence-corrected chi connectivity index (χ3v) is 4.59. The molecule has 6 nitrogen and oxygen atoms in total. The fourth-order valence-electron chi connectivity index (χ4n) is 2.18.